The molecule has 2 rings (SSSR count). The van der Waals surface area contributed by atoms with Crippen LogP contribution in [0.25, 0.3) is 0 Å². The van der Waals surface area contributed by atoms with Crippen molar-refractivity contribution >= 4 is 30.7 Å². The van der Waals surface area contributed by atoms with Crippen LogP contribution in [-0.2, 0) is 17.8 Å². The minimum Gasteiger partial charge on any atom is -0.353 e. The van der Waals surface area contributed by atoms with Crippen LogP contribution in [0.5, 0.6) is 0 Å². The molecule has 1 amide bonds. The van der Waals surface area contributed by atoms with Gasteiger partial charge in [-0.3, -0.25) is 9.69 Å². The van der Waals surface area contributed by atoms with E-state index < -0.39 is 0 Å². The number of benzene rings is 1. The fraction of sp³-hybridized carbons (Fsp3) is 0.611. The van der Waals surface area contributed by atoms with Gasteiger partial charge in [-0.05, 0) is 45.2 Å². The number of nitrogens with one attached hydrogen (secondary N) is 2. The molecule has 1 unspecified atom stereocenters. The fourth-order valence-electron chi connectivity index (χ4n) is 3.18. The first-order valence-corrected chi connectivity index (χ1v) is 8.32. The molecule has 4 nitrogen and oxygen atoms in total. The average molecular weight is 376 g/mol. The predicted octanol–water partition coefficient (Wildman–Crippen LogP) is 2.78. The third kappa shape index (κ3) is 6.25. The van der Waals surface area contributed by atoms with Crippen molar-refractivity contribution in [1.82, 2.24) is 15.5 Å². The zero-order chi connectivity index (χ0) is 16.1. The van der Waals surface area contributed by atoms with Crippen molar-refractivity contribution in [1.29, 1.82) is 0 Å². The lowest BCUT2D eigenvalue weighted by atomic mass is 9.95. The van der Waals surface area contributed by atoms with Crippen LogP contribution in [0.4, 0.5) is 0 Å². The molecule has 0 fully saturated rings. The van der Waals surface area contributed by atoms with Gasteiger partial charge in [-0.15, -0.1) is 24.8 Å². The zero-order valence-corrected chi connectivity index (χ0v) is 16.7. The van der Waals surface area contributed by atoms with Gasteiger partial charge in [-0.2, -0.15) is 0 Å². The van der Waals surface area contributed by atoms with Crippen LogP contribution in [0, 0.1) is 0 Å². The first kappa shape index (κ1) is 23.2. The van der Waals surface area contributed by atoms with Gasteiger partial charge >= 0.3 is 0 Å². The van der Waals surface area contributed by atoms with Gasteiger partial charge < -0.3 is 10.6 Å². The molecule has 0 aliphatic carbocycles. The van der Waals surface area contributed by atoms with Gasteiger partial charge in [0.05, 0.1) is 6.04 Å². The molecular weight excluding hydrogens is 345 g/mol. The summed E-state index contributed by atoms with van der Waals surface area (Å²) in [6, 6.07) is 9.22. The zero-order valence-electron chi connectivity index (χ0n) is 15.0. The Balaban J connectivity index is 0.00000264. The summed E-state index contributed by atoms with van der Waals surface area (Å²) in [4.78, 5) is 14.7. The van der Waals surface area contributed by atoms with Gasteiger partial charge in [0.15, 0.2) is 0 Å². The van der Waals surface area contributed by atoms with E-state index >= 15 is 0 Å². The van der Waals surface area contributed by atoms with E-state index in [2.05, 4.69) is 55.4 Å². The molecule has 24 heavy (non-hydrogen) atoms. The summed E-state index contributed by atoms with van der Waals surface area (Å²) >= 11 is 0. The maximum atomic E-state index is 12.3. The van der Waals surface area contributed by atoms with Crippen LogP contribution in [0.1, 0.15) is 38.8 Å². The largest absolute Gasteiger partial charge is 0.353 e. The number of carbonyl (C=O) groups is 1. The second kappa shape index (κ2) is 10.9. The van der Waals surface area contributed by atoms with Crippen molar-refractivity contribution in [2.75, 3.05) is 13.1 Å². The van der Waals surface area contributed by atoms with Crippen LogP contribution >= 0.6 is 24.8 Å². The summed E-state index contributed by atoms with van der Waals surface area (Å²) in [6.45, 7) is 11.2. The van der Waals surface area contributed by atoms with E-state index in [-0.39, 0.29) is 36.8 Å². The Labute approximate surface area is 158 Å². The van der Waals surface area contributed by atoms with Gasteiger partial charge in [-0.25, -0.2) is 0 Å². The lowest BCUT2D eigenvalue weighted by Gasteiger charge is -2.31. The van der Waals surface area contributed by atoms with E-state index in [0.717, 1.165) is 19.5 Å². The molecule has 1 aliphatic heterocycles. The van der Waals surface area contributed by atoms with E-state index in [9.17, 15) is 4.79 Å². The standard InChI is InChI=1S/C18H29N3O.2ClH/c1-13(2)21(14(3)4)10-9-19-18(22)17-11-15-7-5-6-8-16(15)12-20-17;;/h5-8,13-14,17,20H,9-12H2,1-4H3,(H,19,22);2*1H. The Morgan fingerprint density at radius 1 is 1.17 bits per heavy atom. The Morgan fingerprint density at radius 2 is 1.75 bits per heavy atom. The van der Waals surface area contributed by atoms with Crippen molar-refractivity contribution in [2.45, 2.75) is 58.8 Å². The summed E-state index contributed by atoms with van der Waals surface area (Å²) in [5.74, 6) is 0.113. The van der Waals surface area contributed by atoms with Crippen molar-refractivity contribution < 1.29 is 4.79 Å². The highest BCUT2D eigenvalue weighted by Crippen LogP contribution is 2.16. The highest BCUT2D eigenvalue weighted by Gasteiger charge is 2.23. The number of hydrogen-bond acceptors (Lipinski definition) is 3. The summed E-state index contributed by atoms with van der Waals surface area (Å²) in [7, 11) is 0. The van der Waals surface area contributed by atoms with Crippen LogP contribution in [0.2, 0.25) is 0 Å². The molecule has 0 spiro atoms. The molecule has 138 valence electrons. The normalized spacial score (nSPS) is 16.4. The van der Waals surface area contributed by atoms with Crippen LogP contribution in [0.15, 0.2) is 24.3 Å². The number of fused-ring (bicyclic) bond motifs is 1. The average Bonchev–Trinajstić information content (AvgIpc) is 2.50. The lowest BCUT2D eigenvalue weighted by Crippen LogP contribution is -2.50. The van der Waals surface area contributed by atoms with Crippen molar-refractivity contribution in [3.05, 3.63) is 35.4 Å². The van der Waals surface area contributed by atoms with Crippen LogP contribution in [-0.4, -0.2) is 42.0 Å². The minimum absolute atomic E-state index is 0. The number of nitrogens with zero attached hydrogens (tertiary/aromatic N) is 1. The molecule has 0 bridgehead atoms. The Bertz CT molecular complexity index is 501. The number of amides is 1. The van der Waals surface area contributed by atoms with Gasteiger partial charge in [0, 0.05) is 31.7 Å². The second-order valence-electron chi connectivity index (χ2n) is 6.62. The maximum absolute atomic E-state index is 12.3. The van der Waals surface area contributed by atoms with E-state index in [4.69, 9.17) is 0 Å². The van der Waals surface area contributed by atoms with Gasteiger partial charge in [0.1, 0.15) is 0 Å². The molecule has 0 saturated carbocycles. The summed E-state index contributed by atoms with van der Waals surface area (Å²) < 4.78 is 0. The highest BCUT2D eigenvalue weighted by molar-refractivity contribution is 5.85. The molecule has 2 N–H and O–H groups in total. The Morgan fingerprint density at radius 3 is 2.33 bits per heavy atom. The SMILES string of the molecule is CC(C)N(CCNC(=O)C1Cc2ccccc2CN1)C(C)C.Cl.Cl. The molecule has 6 heteroatoms. The number of halogens is 2. The first-order valence-electron chi connectivity index (χ1n) is 8.32. The van der Waals surface area contributed by atoms with Gasteiger partial charge in [0.25, 0.3) is 0 Å². The molecular formula is C18H31Cl2N3O. The summed E-state index contributed by atoms with van der Waals surface area (Å²) in [5.41, 5.74) is 2.59. The quantitative estimate of drug-likeness (QED) is 0.803. The van der Waals surface area contributed by atoms with Crippen molar-refractivity contribution in [2.24, 2.45) is 0 Å². The smallest absolute Gasteiger partial charge is 0.237 e. The van der Waals surface area contributed by atoms with E-state index in [0.29, 0.717) is 18.6 Å². The van der Waals surface area contributed by atoms with E-state index in [1.165, 1.54) is 11.1 Å². The third-order valence-electron chi connectivity index (χ3n) is 4.39. The summed E-state index contributed by atoms with van der Waals surface area (Å²) in [5, 5.41) is 6.41. The predicted molar refractivity (Wildman–Crippen MR) is 105 cm³/mol. The van der Waals surface area contributed by atoms with Gasteiger partial charge in [-0.1, -0.05) is 24.3 Å². The van der Waals surface area contributed by atoms with Crippen molar-refractivity contribution in [3.8, 4) is 0 Å². The number of carbonyl (C=O) groups excluding carboxylic acids is 1. The third-order valence-corrected chi connectivity index (χ3v) is 4.39. The van der Waals surface area contributed by atoms with Gasteiger partial charge in [0.2, 0.25) is 5.91 Å². The van der Waals surface area contributed by atoms with E-state index in [1.807, 2.05) is 12.1 Å². The maximum Gasteiger partial charge on any atom is 0.237 e. The molecule has 1 aromatic carbocycles. The molecule has 1 heterocycles. The highest BCUT2D eigenvalue weighted by atomic mass is 35.5. The monoisotopic (exact) mass is 375 g/mol. The van der Waals surface area contributed by atoms with Crippen molar-refractivity contribution in [3.63, 3.8) is 0 Å². The van der Waals surface area contributed by atoms with E-state index in [1.54, 1.807) is 0 Å². The second-order valence-corrected chi connectivity index (χ2v) is 6.62. The summed E-state index contributed by atoms with van der Waals surface area (Å²) in [6.07, 6.45) is 0.778. The lowest BCUT2D eigenvalue weighted by molar-refractivity contribution is -0.123. The number of rotatable bonds is 6. The molecule has 0 saturated heterocycles. The molecule has 1 atom stereocenters. The van der Waals surface area contributed by atoms with Crippen LogP contribution < -0.4 is 10.6 Å². The first-order chi connectivity index (χ1) is 10.5. The van der Waals surface area contributed by atoms with Crippen LogP contribution in [0.3, 0.4) is 0 Å². The minimum atomic E-state index is -0.110. The molecule has 0 aromatic heterocycles. The topological polar surface area (TPSA) is 44.4 Å². The Hall–Kier alpha value is -0.810. The number of hydrogen-bond donors (Lipinski definition) is 2. The Kier molecular flexibility index (Phi) is 10.6. The molecule has 1 aliphatic rings. The molecule has 1 aromatic rings. The fourth-order valence-corrected chi connectivity index (χ4v) is 3.18. The molecule has 0 radical (unpaired) electrons.